The van der Waals surface area contributed by atoms with Gasteiger partial charge in [0.25, 0.3) is 5.91 Å². The van der Waals surface area contributed by atoms with Gasteiger partial charge in [0.15, 0.2) is 6.23 Å². The first-order valence-corrected chi connectivity index (χ1v) is 6.43. The van der Waals surface area contributed by atoms with Crippen LogP contribution < -0.4 is 5.32 Å². The monoisotopic (exact) mass is 264 g/mol. The fourth-order valence-electron chi connectivity index (χ4n) is 2.69. The van der Waals surface area contributed by atoms with Crippen LogP contribution in [0.25, 0.3) is 10.8 Å². The maximum atomic E-state index is 12.6. The summed E-state index contributed by atoms with van der Waals surface area (Å²) in [7, 11) is 0. The van der Waals surface area contributed by atoms with Gasteiger partial charge in [-0.25, -0.2) is 0 Å². The van der Waals surface area contributed by atoms with E-state index in [0.717, 1.165) is 10.8 Å². The van der Waals surface area contributed by atoms with Crippen molar-refractivity contribution in [1.82, 2.24) is 4.57 Å². The van der Waals surface area contributed by atoms with E-state index in [1.807, 2.05) is 36.4 Å². The molecule has 0 bridgehead atoms. The Morgan fingerprint density at radius 2 is 1.80 bits per heavy atom. The van der Waals surface area contributed by atoms with Gasteiger partial charge >= 0.3 is 0 Å². The second-order valence-corrected chi connectivity index (χ2v) is 4.90. The highest BCUT2D eigenvalue weighted by Crippen LogP contribution is 2.31. The maximum absolute atomic E-state index is 12.6. The molecule has 4 rings (SSSR count). The Balaban J connectivity index is 2.02. The average Bonchev–Trinajstić information content (AvgIpc) is 2.92. The molecule has 1 aromatic heterocycles. The number of carbonyl (C=O) groups excluding carboxylic acids is 1. The average molecular weight is 264 g/mol. The van der Waals surface area contributed by atoms with Crippen LogP contribution in [0.5, 0.6) is 0 Å². The lowest BCUT2D eigenvalue weighted by atomic mass is 10.0. The molecule has 0 amide bonds. The second-order valence-electron chi connectivity index (χ2n) is 4.90. The summed E-state index contributed by atoms with van der Waals surface area (Å²) in [5.41, 5.74) is 1.78. The molecule has 2 aromatic carbocycles. The number of benzene rings is 2. The minimum Gasteiger partial charge on any atom is -0.368 e. The highest BCUT2D eigenvalue weighted by molar-refractivity contribution is 6.06. The number of aromatic nitrogens is 1. The van der Waals surface area contributed by atoms with Gasteiger partial charge in [0.1, 0.15) is 0 Å². The van der Waals surface area contributed by atoms with Crippen molar-refractivity contribution in [2.75, 3.05) is 5.32 Å². The lowest BCUT2D eigenvalue weighted by Crippen LogP contribution is -2.14. The molecule has 0 spiro atoms. The zero-order chi connectivity index (χ0) is 13.7. The molecule has 98 valence electrons. The van der Waals surface area contributed by atoms with E-state index in [4.69, 9.17) is 0 Å². The summed E-state index contributed by atoms with van der Waals surface area (Å²) in [5, 5.41) is 15.2. The lowest BCUT2D eigenvalue weighted by Gasteiger charge is -2.12. The van der Waals surface area contributed by atoms with Gasteiger partial charge in [-0.2, -0.15) is 0 Å². The fourth-order valence-corrected chi connectivity index (χ4v) is 2.69. The highest BCUT2D eigenvalue weighted by atomic mass is 16.3. The van der Waals surface area contributed by atoms with Crippen molar-refractivity contribution in [2.24, 2.45) is 0 Å². The third kappa shape index (κ3) is 1.49. The molecule has 0 saturated carbocycles. The van der Waals surface area contributed by atoms with E-state index in [-0.39, 0.29) is 5.91 Å². The van der Waals surface area contributed by atoms with Crippen molar-refractivity contribution < 1.29 is 9.90 Å². The molecule has 1 aliphatic heterocycles. The third-order valence-corrected chi connectivity index (χ3v) is 3.69. The van der Waals surface area contributed by atoms with Crippen molar-refractivity contribution >= 4 is 22.4 Å². The Kier molecular flexibility index (Phi) is 2.22. The van der Waals surface area contributed by atoms with Crippen LogP contribution in [-0.4, -0.2) is 15.6 Å². The lowest BCUT2D eigenvalue weighted by molar-refractivity contribution is 0.0950. The molecule has 1 unspecified atom stereocenters. The largest absolute Gasteiger partial charge is 0.368 e. The summed E-state index contributed by atoms with van der Waals surface area (Å²) in [6.07, 6.45) is 0.781. The number of anilines is 1. The van der Waals surface area contributed by atoms with Gasteiger partial charge in [0, 0.05) is 11.9 Å². The van der Waals surface area contributed by atoms with Gasteiger partial charge < -0.3 is 10.4 Å². The van der Waals surface area contributed by atoms with Crippen molar-refractivity contribution in [1.29, 1.82) is 0 Å². The molecule has 0 saturated heterocycles. The van der Waals surface area contributed by atoms with Crippen LogP contribution in [-0.2, 0) is 0 Å². The van der Waals surface area contributed by atoms with Gasteiger partial charge in [-0.1, -0.05) is 24.3 Å². The Labute approximate surface area is 115 Å². The fraction of sp³-hybridized carbons (Fsp3) is 0.0625. The molecule has 2 heterocycles. The first kappa shape index (κ1) is 11.3. The second kappa shape index (κ2) is 3.95. The maximum Gasteiger partial charge on any atom is 0.264 e. The molecule has 4 heteroatoms. The molecule has 3 aromatic rings. The first-order valence-electron chi connectivity index (χ1n) is 6.43. The summed E-state index contributed by atoms with van der Waals surface area (Å²) in [6, 6.07) is 15.1. The summed E-state index contributed by atoms with van der Waals surface area (Å²) in [4.78, 5) is 12.6. The zero-order valence-corrected chi connectivity index (χ0v) is 10.6. The van der Waals surface area contributed by atoms with Gasteiger partial charge in [0.2, 0.25) is 0 Å². The summed E-state index contributed by atoms with van der Waals surface area (Å²) >= 11 is 0. The standard InChI is InChI=1S/C16H12N2O2/c19-15-14-6-3-7-18(14)16(20)12-8-10-4-1-2-5-11(10)9-13(12)17-15/h1-9,15,17,19H. The van der Waals surface area contributed by atoms with Crippen molar-refractivity contribution in [3.8, 4) is 0 Å². The molecular weight excluding hydrogens is 252 g/mol. The molecule has 1 atom stereocenters. The molecule has 1 aliphatic rings. The number of aliphatic hydroxyl groups is 1. The molecule has 0 fully saturated rings. The zero-order valence-electron chi connectivity index (χ0n) is 10.6. The predicted octanol–water partition coefficient (Wildman–Crippen LogP) is 2.75. The Hall–Kier alpha value is -2.59. The van der Waals surface area contributed by atoms with E-state index >= 15 is 0 Å². The minimum absolute atomic E-state index is 0.130. The number of hydrogen-bond acceptors (Lipinski definition) is 3. The summed E-state index contributed by atoms with van der Waals surface area (Å²) in [5.74, 6) is -0.130. The number of aliphatic hydroxyl groups excluding tert-OH is 1. The summed E-state index contributed by atoms with van der Waals surface area (Å²) < 4.78 is 1.48. The van der Waals surface area contributed by atoms with Crippen LogP contribution in [0.2, 0.25) is 0 Å². The normalized spacial score (nSPS) is 17.2. The van der Waals surface area contributed by atoms with Crippen molar-refractivity contribution in [3.05, 3.63) is 66.0 Å². The SMILES string of the molecule is O=C1c2cc3ccccc3cc2NC(O)c2cccn21. The molecule has 0 aliphatic carbocycles. The minimum atomic E-state index is -0.892. The van der Waals surface area contributed by atoms with E-state index < -0.39 is 6.23 Å². The number of hydrogen-bond donors (Lipinski definition) is 2. The number of nitrogens with zero attached hydrogens (tertiary/aromatic N) is 1. The van der Waals surface area contributed by atoms with Crippen LogP contribution >= 0.6 is 0 Å². The van der Waals surface area contributed by atoms with Crippen molar-refractivity contribution in [2.45, 2.75) is 6.23 Å². The molecule has 20 heavy (non-hydrogen) atoms. The Morgan fingerprint density at radius 3 is 2.60 bits per heavy atom. The summed E-state index contributed by atoms with van der Waals surface area (Å²) in [6.45, 7) is 0. The van der Waals surface area contributed by atoms with Gasteiger partial charge in [-0.3, -0.25) is 9.36 Å². The highest BCUT2D eigenvalue weighted by Gasteiger charge is 2.25. The molecule has 2 N–H and O–H groups in total. The molecule has 4 nitrogen and oxygen atoms in total. The van der Waals surface area contributed by atoms with Crippen LogP contribution in [0.4, 0.5) is 5.69 Å². The smallest absolute Gasteiger partial charge is 0.264 e. The van der Waals surface area contributed by atoms with Gasteiger partial charge in [0.05, 0.1) is 11.3 Å². The number of rotatable bonds is 0. The van der Waals surface area contributed by atoms with Crippen LogP contribution in [0.1, 0.15) is 22.3 Å². The van der Waals surface area contributed by atoms with E-state index in [1.165, 1.54) is 4.57 Å². The van der Waals surface area contributed by atoms with Gasteiger partial charge in [-0.15, -0.1) is 0 Å². The Morgan fingerprint density at radius 1 is 1.05 bits per heavy atom. The van der Waals surface area contributed by atoms with Crippen molar-refractivity contribution in [3.63, 3.8) is 0 Å². The van der Waals surface area contributed by atoms with Gasteiger partial charge in [-0.05, 0) is 35.0 Å². The first-order chi connectivity index (χ1) is 9.74. The van der Waals surface area contributed by atoms with Crippen LogP contribution in [0.3, 0.4) is 0 Å². The van der Waals surface area contributed by atoms with E-state index in [9.17, 15) is 9.90 Å². The molecule has 0 radical (unpaired) electrons. The third-order valence-electron chi connectivity index (χ3n) is 3.69. The van der Waals surface area contributed by atoms with Crippen LogP contribution in [0, 0.1) is 0 Å². The van der Waals surface area contributed by atoms with E-state index in [0.29, 0.717) is 16.9 Å². The predicted molar refractivity (Wildman–Crippen MR) is 76.7 cm³/mol. The van der Waals surface area contributed by atoms with E-state index in [2.05, 4.69) is 5.32 Å². The quantitative estimate of drug-likeness (QED) is 0.656. The number of nitrogens with one attached hydrogen (secondary N) is 1. The number of carbonyl (C=O) groups is 1. The van der Waals surface area contributed by atoms with E-state index in [1.54, 1.807) is 18.3 Å². The Bertz CT molecular complexity index is 835. The molecular formula is C16H12N2O2. The topological polar surface area (TPSA) is 54.3 Å². The van der Waals surface area contributed by atoms with Crippen LogP contribution in [0.15, 0.2) is 54.7 Å². The number of fused-ring (bicyclic) bond motifs is 3.